The molecule has 1 aromatic carbocycles. The number of nitrogens with one attached hydrogen (secondary N) is 1. The third-order valence-corrected chi connectivity index (χ3v) is 4.25. The minimum absolute atomic E-state index is 0.0987. The van der Waals surface area contributed by atoms with Gasteiger partial charge in [-0.05, 0) is 31.5 Å². The summed E-state index contributed by atoms with van der Waals surface area (Å²) in [6.07, 6.45) is 3.70. The number of nitro groups is 1. The van der Waals surface area contributed by atoms with Gasteiger partial charge in [0, 0.05) is 37.5 Å². The highest BCUT2D eigenvalue weighted by Gasteiger charge is 2.27. The van der Waals surface area contributed by atoms with Gasteiger partial charge in [0.1, 0.15) is 0 Å². The normalized spacial score (nSPS) is 22.3. The predicted molar refractivity (Wildman–Crippen MR) is 82.4 cm³/mol. The Morgan fingerprint density at radius 3 is 2.76 bits per heavy atom. The molecule has 1 aromatic rings. The average molecular weight is 293 g/mol. The van der Waals surface area contributed by atoms with Crippen molar-refractivity contribution in [2.75, 3.05) is 19.4 Å². The second kappa shape index (κ2) is 6.87. The molecule has 2 N–H and O–H groups in total. The van der Waals surface area contributed by atoms with Gasteiger partial charge in [-0.1, -0.05) is 12.8 Å². The Morgan fingerprint density at radius 2 is 2.14 bits per heavy atom. The summed E-state index contributed by atoms with van der Waals surface area (Å²) in [6.45, 7) is 0.583. The first-order chi connectivity index (χ1) is 10.0. The van der Waals surface area contributed by atoms with Gasteiger partial charge in [0.05, 0.1) is 11.0 Å². The minimum atomic E-state index is -0.377. The van der Waals surface area contributed by atoms with Crippen LogP contribution in [0.2, 0.25) is 0 Å². The SMILES string of the molecule is CNc1ccc([N+](=O)[O-])cc1CN(C)C1CCCCC1O. The Morgan fingerprint density at radius 1 is 1.43 bits per heavy atom. The second-order valence-electron chi connectivity index (χ2n) is 5.68. The maximum Gasteiger partial charge on any atom is 0.269 e. The number of nitrogens with zero attached hydrogens (tertiary/aromatic N) is 2. The van der Waals surface area contributed by atoms with Crippen molar-refractivity contribution in [1.29, 1.82) is 0 Å². The first kappa shape index (κ1) is 15.7. The highest BCUT2D eigenvalue weighted by molar-refractivity contribution is 5.55. The van der Waals surface area contributed by atoms with Crippen molar-refractivity contribution in [2.45, 2.75) is 44.4 Å². The summed E-state index contributed by atoms with van der Waals surface area (Å²) in [5, 5.41) is 24.1. The fourth-order valence-electron chi connectivity index (χ4n) is 3.06. The summed E-state index contributed by atoms with van der Waals surface area (Å²) in [6, 6.07) is 4.98. The first-order valence-corrected chi connectivity index (χ1v) is 7.36. The van der Waals surface area contributed by atoms with E-state index in [2.05, 4.69) is 10.2 Å². The van der Waals surface area contributed by atoms with Crippen molar-refractivity contribution in [3.05, 3.63) is 33.9 Å². The second-order valence-corrected chi connectivity index (χ2v) is 5.68. The van der Waals surface area contributed by atoms with Crippen LogP contribution in [0.3, 0.4) is 0 Å². The maximum absolute atomic E-state index is 10.9. The van der Waals surface area contributed by atoms with Gasteiger partial charge in [-0.25, -0.2) is 0 Å². The number of rotatable bonds is 5. The number of non-ortho nitro benzene ring substituents is 1. The van der Waals surface area contributed by atoms with Crippen molar-refractivity contribution in [1.82, 2.24) is 4.90 Å². The zero-order valence-corrected chi connectivity index (χ0v) is 12.6. The van der Waals surface area contributed by atoms with Crippen LogP contribution in [0, 0.1) is 10.1 Å². The number of aliphatic hydroxyl groups is 1. The van der Waals surface area contributed by atoms with Gasteiger partial charge in [0.25, 0.3) is 5.69 Å². The molecule has 1 fully saturated rings. The summed E-state index contributed by atoms with van der Waals surface area (Å²) in [5.41, 5.74) is 1.87. The lowest BCUT2D eigenvalue weighted by molar-refractivity contribution is -0.384. The van der Waals surface area contributed by atoms with Gasteiger partial charge in [-0.3, -0.25) is 15.0 Å². The topological polar surface area (TPSA) is 78.6 Å². The van der Waals surface area contributed by atoms with Crippen LogP contribution in [-0.4, -0.2) is 41.2 Å². The Balaban J connectivity index is 2.16. The highest BCUT2D eigenvalue weighted by atomic mass is 16.6. The standard InChI is InChI=1S/C15H23N3O3/c1-16-13-8-7-12(18(20)21)9-11(13)10-17(2)14-5-3-4-6-15(14)19/h7-9,14-16,19H,3-6,10H2,1-2H3. The molecule has 2 unspecified atom stereocenters. The largest absolute Gasteiger partial charge is 0.391 e. The first-order valence-electron chi connectivity index (χ1n) is 7.36. The van der Waals surface area contributed by atoms with Gasteiger partial charge in [0.15, 0.2) is 0 Å². The Labute approximate surface area is 124 Å². The van der Waals surface area contributed by atoms with Crippen molar-refractivity contribution < 1.29 is 10.0 Å². The number of hydrogen-bond donors (Lipinski definition) is 2. The molecule has 0 heterocycles. The van der Waals surface area contributed by atoms with E-state index in [0.29, 0.717) is 6.54 Å². The molecule has 1 aliphatic carbocycles. The molecule has 1 saturated carbocycles. The van der Waals surface area contributed by atoms with Gasteiger partial charge >= 0.3 is 0 Å². The van der Waals surface area contributed by atoms with Gasteiger partial charge in [-0.15, -0.1) is 0 Å². The molecular weight excluding hydrogens is 270 g/mol. The van der Waals surface area contributed by atoms with Crippen LogP contribution in [0.1, 0.15) is 31.2 Å². The number of nitro benzene ring substituents is 1. The Hall–Kier alpha value is -1.66. The molecule has 0 aliphatic heterocycles. The van der Waals surface area contributed by atoms with Crippen LogP contribution in [0.4, 0.5) is 11.4 Å². The van der Waals surface area contributed by atoms with Crippen molar-refractivity contribution >= 4 is 11.4 Å². The Bertz CT molecular complexity index is 507. The number of anilines is 1. The Kier molecular flexibility index (Phi) is 5.14. The van der Waals surface area contributed by atoms with Crippen LogP contribution in [0.15, 0.2) is 18.2 Å². The molecule has 0 saturated heterocycles. The van der Waals surface area contributed by atoms with E-state index in [9.17, 15) is 15.2 Å². The van der Waals surface area contributed by atoms with Crippen LogP contribution in [0.25, 0.3) is 0 Å². The summed E-state index contributed by atoms with van der Waals surface area (Å²) in [5.74, 6) is 0. The minimum Gasteiger partial charge on any atom is -0.391 e. The molecule has 2 atom stereocenters. The van der Waals surface area contributed by atoms with E-state index < -0.39 is 0 Å². The molecule has 0 aromatic heterocycles. The van der Waals surface area contributed by atoms with Crippen molar-refractivity contribution in [2.24, 2.45) is 0 Å². The van der Waals surface area contributed by atoms with Crippen LogP contribution in [-0.2, 0) is 6.54 Å². The zero-order chi connectivity index (χ0) is 15.4. The molecule has 0 spiro atoms. The van der Waals surface area contributed by atoms with Crippen molar-refractivity contribution in [3.8, 4) is 0 Å². The summed E-state index contributed by atoms with van der Waals surface area (Å²) in [7, 11) is 3.78. The lowest BCUT2D eigenvalue weighted by Crippen LogP contribution is -2.42. The molecule has 2 rings (SSSR count). The fraction of sp³-hybridized carbons (Fsp3) is 0.600. The van der Waals surface area contributed by atoms with Crippen LogP contribution >= 0.6 is 0 Å². The van der Waals surface area contributed by atoms with E-state index in [-0.39, 0.29) is 22.8 Å². The molecule has 116 valence electrons. The molecule has 0 amide bonds. The zero-order valence-electron chi connectivity index (χ0n) is 12.6. The fourth-order valence-corrected chi connectivity index (χ4v) is 3.06. The molecule has 6 heteroatoms. The number of benzene rings is 1. The maximum atomic E-state index is 10.9. The smallest absolute Gasteiger partial charge is 0.269 e. The molecule has 6 nitrogen and oxygen atoms in total. The number of hydrogen-bond acceptors (Lipinski definition) is 5. The van der Waals surface area contributed by atoms with E-state index in [4.69, 9.17) is 0 Å². The summed E-state index contributed by atoms with van der Waals surface area (Å²) in [4.78, 5) is 12.6. The highest BCUT2D eigenvalue weighted by Crippen LogP contribution is 2.27. The van der Waals surface area contributed by atoms with Crippen LogP contribution in [0.5, 0.6) is 0 Å². The predicted octanol–water partition coefficient (Wildman–Crippen LogP) is 2.37. The number of aliphatic hydroxyl groups excluding tert-OH is 1. The quantitative estimate of drug-likeness (QED) is 0.643. The average Bonchev–Trinajstić information content (AvgIpc) is 2.47. The number of likely N-dealkylation sites (N-methyl/N-ethyl adjacent to an activating group) is 1. The van der Waals surface area contributed by atoms with E-state index in [0.717, 1.165) is 36.9 Å². The third kappa shape index (κ3) is 3.71. The third-order valence-electron chi connectivity index (χ3n) is 4.25. The van der Waals surface area contributed by atoms with Crippen molar-refractivity contribution in [3.63, 3.8) is 0 Å². The van der Waals surface area contributed by atoms with Crippen LogP contribution < -0.4 is 5.32 Å². The van der Waals surface area contributed by atoms with E-state index in [1.807, 2.05) is 7.05 Å². The van der Waals surface area contributed by atoms with Gasteiger partial charge in [-0.2, -0.15) is 0 Å². The monoisotopic (exact) mass is 293 g/mol. The lowest BCUT2D eigenvalue weighted by Gasteiger charge is -2.35. The van der Waals surface area contributed by atoms with Gasteiger partial charge in [0.2, 0.25) is 0 Å². The van der Waals surface area contributed by atoms with E-state index in [1.54, 1.807) is 19.2 Å². The molecular formula is C15H23N3O3. The molecule has 1 aliphatic rings. The molecule has 21 heavy (non-hydrogen) atoms. The summed E-state index contributed by atoms with van der Waals surface area (Å²) < 4.78 is 0. The molecule has 0 bridgehead atoms. The van der Waals surface area contributed by atoms with E-state index >= 15 is 0 Å². The molecule has 0 radical (unpaired) electrons. The summed E-state index contributed by atoms with van der Waals surface area (Å²) >= 11 is 0. The van der Waals surface area contributed by atoms with E-state index in [1.165, 1.54) is 6.07 Å². The van der Waals surface area contributed by atoms with Gasteiger partial charge < -0.3 is 10.4 Å². The lowest BCUT2D eigenvalue weighted by atomic mass is 9.91.